The quantitative estimate of drug-likeness (QED) is 0.612. The average molecular weight is 329 g/mol. The van der Waals surface area contributed by atoms with Gasteiger partial charge in [-0.3, -0.25) is 0 Å². The monoisotopic (exact) mass is 328 g/mol. The zero-order valence-electron chi connectivity index (χ0n) is 11.0. The fourth-order valence-electron chi connectivity index (χ4n) is 2.27. The molecule has 0 saturated heterocycles. The first-order valence-electron chi connectivity index (χ1n) is 6.32. The predicted octanol–water partition coefficient (Wildman–Crippen LogP) is 4.90. The smallest absolute Gasteiger partial charge is 0.316 e. The molecule has 0 aliphatic rings. The molecule has 1 heterocycles. The maximum atomic E-state index is 13.2. The number of fused-ring (bicyclic) bond motifs is 1. The molecule has 7 heteroatoms. The van der Waals surface area contributed by atoms with Gasteiger partial charge in [0.05, 0.1) is 17.6 Å². The first kappa shape index (κ1) is 14.8. The average Bonchev–Trinajstić information content (AvgIpc) is 2.81. The van der Waals surface area contributed by atoms with E-state index >= 15 is 0 Å². The van der Waals surface area contributed by atoms with Gasteiger partial charge < -0.3 is 4.57 Å². The molecule has 0 unspecified atom stereocenters. The van der Waals surface area contributed by atoms with Gasteiger partial charge >= 0.3 is 6.18 Å². The molecule has 0 aliphatic carbocycles. The van der Waals surface area contributed by atoms with Crippen LogP contribution in [0.15, 0.2) is 42.5 Å². The maximum Gasteiger partial charge on any atom is 0.449 e. The zero-order chi connectivity index (χ0) is 15.9. The van der Waals surface area contributed by atoms with E-state index in [9.17, 15) is 17.6 Å². The predicted molar refractivity (Wildman–Crippen MR) is 75.2 cm³/mol. The van der Waals surface area contributed by atoms with Gasteiger partial charge in [0.25, 0.3) is 0 Å². The van der Waals surface area contributed by atoms with Crippen LogP contribution in [0.4, 0.5) is 17.6 Å². The van der Waals surface area contributed by atoms with Crippen molar-refractivity contribution in [1.82, 2.24) is 9.55 Å². The Morgan fingerprint density at radius 1 is 1.09 bits per heavy atom. The minimum absolute atomic E-state index is 0.0749. The molecule has 22 heavy (non-hydrogen) atoms. The van der Waals surface area contributed by atoms with Gasteiger partial charge in [-0.1, -0.05) is 29.8 Å². The van der Waals surface area contributed by atoms with Crippen LogP contribution in [0.5, 0.6) is 0 Å². The molecule has 0 radical (unpaired) electrons. The number of halogens is 5. The van der Waals surface area contributed by atoms with Crippen molar-refractivity contribution in [3.8, 4) is 0 Å². The Balaban J connectivity index is 2.16. The summed E-state index contributed by atoms with van der Waals surface area (Å²) >= 11 is 5.91. The fraction of sp³-hybridized carbons (Fsp3) is 0.133. The number of aromatic nitrogens is 2. The third-order valence-electron chi connectivity index (χ3n) is 3.25. The number of para-hydroxylation sites is 2. The topological polar surface area (TPSA) is 17.8 Å². The van der Waals surface area contributed by atoms with Gasteiger partial charge in [-0.05, 0) is 29.8 Å². The lowest BCUT2D eigenvalue weighted by atomic mass is 10.2. The molecule has 0 N–H and O–H groups in total. The van der Waals surface area contributed by atoms with Crippen LogP contribution < -0.4 is 0 Å². The van der Waals surface area contributed by atoms with Crippen molar-refractivity contribution in [2.75, 3.05) is 0 Å². The Morgan fingerprint density at radius 2 is 1.82 bits per heavy atom. The molecule has 0 spiro atoms. The van der Waals surface area contributed by atoms with Crippen molar-refractivity contribution in [3.05, 3.63) is 64.7 Å². The Labute approximate surface area is 128 Å². The van der Waals surface area contributed by atoms with E-state index < -0.39 is 17.8 Å². The molecule has 1 aromatic heterocycles. The number of alkyl halides is 3. The van der Waals surface area contributed by atoms with Gasteiger partial charge in [-0.25, -0.2) is 9.37 Å². The lowest BCUT2D eigenvalue weighted by Gasteiger charge is -2.12. The summed E-state index contributed by atoms with van der Waals surface area (Å²) in [6.07, 6.45) is -4.59. The molecule has 2 nitrogen and oxygen atoms in total. The molecule has 0 aliphatic heterocycles. The highest BCUT2D eigenvalue weighted by Crippen LogP contribution is 2.32. The van der Waals surface area contributed by atoms with Crippen molar-refractivity contribution in [3.63, 3.8) is 0 Å². The van der Waals surface area contributed by atoms with Crippen LogP contribution in [0.25, 0.3) is 11.0 Å². The minimum atomic E-state index is -4.59. The number of rotatable bonds is 2. The van der Waals surface area contributed by atoms with Crippen molar-refractivity contribution in [2.45, 2.75) is 12.7 Å². The van der Waals surface area contributed by atoms with E-state index in [1.54, 1.807) is 18.2 Å². The van der Waals surface area contributed by atoms with Crippen LogP contribution in [-0.2, 0) is 12.7 Å². The Morgan fingerprint density at radius 3 is 2.50 bits per heavy atom. The van der Waals surface area contributed by atoms with Gasteiger partial charge in [0.15, 0.2) is 0 Å². The highest BCUT2D eigenvalue weighted by molar-refractivity contribution is 6.31. The van der Waals surface area contributed by atoms with Crippen molar-refractivity contribution < 1.29 is 17.6 Å². The Bertz CT molecular complexity index is 839. The molecule has 0 amide bonds. The zero-order valence-corrected chi connectivity index (χ0v) is 11.8. The third-order valence-corrected chi connectivity index (χ3v) is 3.60. The summed E-state index contributed by atoms with van der Waals surface area (Å²) in [6, 6.07) is 9.91. The second-order valence-electron chi connectivity index (χ2n) is 4.74. The highest BCUT2D eigenvalue weighted by atomic mass is 35.5. The first-order chi connectivity index (χ1) is 10.4. The summed E-state index contributed by atoms with van der Waals surface area (Å²) < 4.78 is 53.6. The summed E-state index contributed by atoms with van der Waals surface area (Å²) in [6.45, 7) is -0.144. The first-order valence-corrected chi connectivity index (χ1v) is 6.70. The number of hydrogen-bond acceptors (Lipinski definition) is 1. The van der Waals surface area contributed by atoms with Crippen LogP contribution in [0.2, 0.25) is 5.02 Å². The highest BCUT2D eigenvalue weighted by Gasteiger charge is 2.37. The van der Waals surface area contributed by atoms with Crippen molar-refractivity contribution >= 4 is 22.6 Å². The van der Waals surface area contributed by atoms with E-state index in [-0.39, 0.29) is 17.1 Å². The number of hydrogen-bond donors (Lipinski definition) is 0. The second-order valence-corrected chi connectivity index (χ2v) is 5.15. The van der Waals surface area contributed by atoms with Crippen molar-refractivity contribution in [1.29, 1.82) is 0 Å². The number of nitrogens with zero attached hydrogens (tertiary/aromatic N) is 2. The van der Waals surface area contributed by atoms with E-state index in [4.69, 9.17) is 11.6 Å². The molecule has 3 aromatic rings. The Hall–Kier alpha value is -2.08. The van der Waals surface area contributed by atoms with Gasteiger partial charge in [-0.2, -0.15) is 13.2 Å². The molecule has 114 valence electrons. The van der Waals surface area contributed by atoms with Gasteiger partial charge in [0.2, 0.25) is 5.82 Å². The summed E-state index contributed by atoms with van der Waals surface area (Å²) in [7, 11) is 0. The molecule has 0 fully saturated rings. The van der Waals surface area contributed by atoms with Gasteiger partial charge in [0.1, 0.15) is 5.82 Å². The summed E-state index contributed by atoms with van der Waals surface area (Å²) in [5, 5.41) is 0.0749. The lowest BCUT2D eigenvalue weighted by molar-refractivity contribution is -0.146. The summed E-state index contributed by atoms with van der Waals surface area (Å²) in [5.74, 6) is -1.55. The standard InChI is InChI=1S/C15H9ClF4N2/c16-11-7-10(17)6-5-9(11)8-22-13-4-2-1-3-12(13)21-14(22)15(18,19)20/h1-7H,8H2. The van der Waals surface area contributed by atoms with E-state index in [1.807, 2.05) is 0 Å². The minimum Gasteiger partial charge on any atom is -0.316 e. The molecule has 0 atom stereocenters. The van der Waals surface area contributed by atoms with Crippen LogP contribution in [0, 0.1) is 5.82 Å². The molecule has 0 saturated carbocycles. The van der Waals surface area contributed by atoms with E-state index in [2.05, 4.69) is 4.98 Å². The van der Waals surface area contributed by atoms with Gasteiger partial charge in [-0.15, -0.1) is 0 Å². The maximum absolute atomic E-state index is 13.2. The molecular weight excluding hydrogens is 320 g/mol. The van der Waals surface area contributed by atoms with E-state index in [1.165, 1.54) is 12.1 Å². The number of benzene rings is 2. The molecule has 3 rings (SSSR count). The number of imidazole rings is 1. The summed E-state index contributed by atoms with van der Waals surface area (Å²) in [4.78, 5) is 3.65. The van der Waals surface area contributed by atoms with Gasteiger partial charge in [0, 0.05) is 5.02 Å². The Kier molecular flexibility index (Phi) is 3.56. The second kappa shape index (κ2) is 5.28. The summed E-state index contributed by atoms with van der Waals surface area (Å²) in [5.41, 5.74) is 0.972. The van der Waals surface area contributed by atoms with E-state index in [0.717, 1.165) is 16.7 Å². The van der Waals surface area contributed by atoms with Crippen molar-refractivity contribution in [2.24, 2.45) is 0 Å². The van der Waals surface area contributed by atoms with Crippen LogP contribution in [0.3, 0.4) is 0 Å². The molecule has 0 bridgehead atoms. The normalized spacial score (nSPS) is 12.0. The van der Waals surface area contributed by atoms with E-state index in [0.29, 0.717) is 11.1 Å². The van der Waals surface area contributed by atoms with Crippen LogP contribution in [0.1, 0.15) is 11.4 Å². The van der Waals surface area contributed by atoms with Crippen LogP contribution in [-0.4, -0.2) is 9.55 Å². The lowest BCUT2D eigenvalue weighted by Crippen LogP contribution is -2.15. The largest absolute Gasteiger partial charge is 0.449 e. The SMILES string of the molecule is Fc1ccc(Cn2c(C(F)(F)F)nc3ccccc32)c(Cl)c1. The molecular formula is C15H9ClF4N2. The molecule has 2 aromatic carbocycles. The van der Waals surface area contributed by atoms with Crippen LogP contribution >= 0.6 is 11.6 Å². The fourth-order valence-corrected chi connectivity index (χ4v) is 2.50. The third kappa shape index (κ3) is 2.66.